The molecule has 0 bridgehead atoms. The molecule has 2 N–H and O–H groups in total. The van der Waals surface area contributed by atoms with Crippen molar-refractivity contribution in [2.45, 2.75) is 62.9 Å². The predicted octanol–water partition coefficient (Wildman–Crippen LogP) is 2.08. The average molecular weight is 315 g/mol. The number of carbonyl (C=O) groups excluding carboxylic acids is 2. The Bertz CT molecular complexity index is 628. The summed E-state index contributed by atoms with van der Waals surface area (Å²) in [4.78, 5) is 24.5. The number of hydrogen-bond acceptors (Lipinski definition) is 2. The molecule has 1 aliphatic heterocycles. The second-order valence-electron chi connectivity index (χ2n) is 7.40. The smallest absolute Gasteiger partial charge is 0.253 e. The van der Waals surface area contributed by atoms with Crippen molar-refractivity contribution in [3.05, 3.63) is 23.5 Å². The molecule has 0 unspecified atom stereocenters. The van der Waals surface area contributed by atoms with E-state index in [-0.39, 0.29) is 23.9 Å². The minimum atomic E-state index is 0.0271. The van der Waals surface area contributed by atoms with E-state index in [0.717, 1.165) is 24.8 Å². The van der Waals surface area contributed by atoms with Gasteiger partial charge in [0, 0.05) is 25.4 Å². The summed E-state index contributed by atoms with van der Waals surface area (Å²) < 4.78 is 2.10. The topological polar surface area (TPSA) is 63.1 Å². The largest absolute Gasteiger partial charge is 0.353 e. The molecule has 3 aliphatic rings. The Morgan fingerprint density at radius 2 is 2.04 bits per heavy atom. The molecule has 124 valence electrons. The molecule has 2 heterocycles. The van der Waals surface area contributed by atoms with Gasteiger partial charge in [-0.25, -0.2) is 0 Å². The Labute approximate surface area is 136 Å². The van der Waals surface area contributed by atoms with Gasteiger partial charge in [-0.15, -0.1) is 0 Å². The quantitative estimate of drug-likeness (QED) is 0.893. The van der Waals surface area contributed by atoms with Crippen molar-refractivity contribution in [1.29, 1.82) is 0 Å². The molecule has 3 fully saturated rings. The molecule has 1 saturated heterocycles. The summed E-state index contributed by atoms with van der Waals surface area (Å²) in [5, 5.41) is 6.31. The first kappa shape index (κ1) is 14.8. The summed E-state index contributed by atoms with van der Waals surface area (Å²) in [5.74, 6) is 1.23. The van der Waals surface area contributed by atoms with Crippen LogP contribution in [-0.4, -0.2) is 28.5 Å². The Hall–Kier alpha value is -1.78. The van der Waals surface area contributed by atoms with Gasteiger partial charge in [-0.05, 0) is 50.0 Å². The number of rotatable bonds is 4. The van der Waals surface area contributed by atoms with E-state index in [1.54, 1.807) is 0 Å². The molecule has 0 aromatic carbocycles. The minimum Gasteiger partial charge on any atom is -0.353 e. The van der Waals surface area contributed by atoms with Gasteiger partial charge in [0.1, 0.15) is 0 Å². The predicted molar refractivity (Wildman–Crippen MR) is 87.1 cm³/mol. The number of aromatic nitrogens is 1. The van der Waals surface area contributed by atoms with Gasteiger partial charge >= 0.3 is 0 Å². The molecule has 5 nitrogen and oxygen atoms in total. The van der Waals surface area contributed by atoms with Gasteiger partial charge in [-0.3, -0.25) is 9.59 Å². The number of nitrogens with zero attached hydrogens (tertiary/aromatic N) is 1. The molecule has 0 radical (unpaired) electrons. The Kier molecular flexibility index (Phi) is 3.66. The molecular formula is C18H25N3O2. The van der Waals surface area contributed by atoms with Crippen molar-refractivity contribution in [2.24, 2.45) is 13.0 Å². The summed E-state index contributed by atoms with van der Waals surface area (Å²) >= 11 is 0. The van der Waals surface area contributed by atoms with Crippen LogP contribution >= 0.6 is 0 Å². The van der Waals surface area contributed by atoms with E-state index in [1.165, 1.54) is 25.0 Å². The zero-order chi connectivity index (χ0) is 16.0. The summed E-state index contributed by atoms with van der Waals surface area (Å²) in [6, 6.07) is 2.13. The maximum absolute atomic E-state index is 12.8. The number of aryl methyl sites for hydroxylation is 1. The first-order valence-corrected chi connectivity index (χ1v) is 8.89. The SMILES string of the molecule is Cn1ccc(C(=O)N[C@@H]2CCC(=O)N[C@H]2C2CC2)c1C1CCC1. The summed E-state index contributed by atoms with van der Waals surface area (Å²) in [5.41, 5.74) is 2.00. The second-order valence-corrected chi connectivity index (χ2v) is 7.40. The fourth-order valence-electron chi connectivity index (χ4n) is 4.06. The lowest BCUT2D eigenvalue weighted by Gasteiger charge is -2.33. The van der Waals surface area contributed by atoms with Crippen molar-refractivity contribution in [2.75, 3.05) is 0 Å². The molecule has 5 heteroatoms. The first-order chi connectivity index (χ1) is 11.1. The van der Waals surface area contributed by atoms with Crippen LogP contribution in [0.25, 0.3) is 0 Å². The highest BCUT2D eigenvalue weighted by Crippen LogP contribution is 2.39. The van der Waals surface area contributed by atoms with Gasteiger partial charge in [-0.2, -0.15) is 0 Å². The van der Waals surface area contributed by atoms with Crippen LogP contribution in [0.4, 0.5) is 0 Å². The average Bonchev–Trinajstić information content (AvgIpc) is 3.25. The van der Waals surface area contributed by atoms with Crippen molar-refractivity contribution >= 4 is 11.8 Å². The lowest BCUT2D eigenvalue weighted by molar-refractivity contribution is -0.124. The number of carbonyl (C=O) groups is 2. The molecule has 2 atom stereocenters. The molecule has 2 amide bonds. The lowest BCUT2D eigenvalue weighted by Crippen LogP contribution is -2.56. The monoisotopic (exact) mass is 315 g/mol. The molecule has 1 aromatic heterocycles. The van der Waals surface area contributed by atoms with Gasteiger partial charge in [0.05, 0.1) is 17.6 Å². The Morgan fingerprint density at radius 3 is 2.70 bits per heavy atom. The number of nitrogens with one attached hydrogen (secondary N) is 2. The maximum Gasteiger partial charge on any atom is 0.253 e. The zero-order valence-corrected chi connectivity index (χ0v) is 13.7. The van der Waals surface area contributed by atoms with Crippen LogP contribution in [0.5, 0.6) is 0 Å². The van der Waals surface area contributed by atoms with Crippen LogP contribution < -0.4 is 10.6 Å². The maximum atomic E-state index is 12.8. The van der Waals surface area contributed by atoms with Crippen molar-refractivity contribution in [1.82, 2.24) is 15.2 Å². The molecule has 2 saturated carbocycles. The van der Waals surface area contributed by atoms with Gasteiger partial charge < -0.3 is 15.2 Å². The molecule has 0 spiro atoms. The van der Waals surface area contributed by atoms with Crippen molar-refractivity contribution in [3.8, 4) is 0 Å². The van der Waals surface area contributed by atoms with E-state index >= 15 is 0 Å². The van der Waals surface area contributed by atoms with E-state index in [4.69, 9.17) is 0 Å². The lowest BCUT2D eigenvalue weighted by atomic mass is 9.81. The van der Waals surface area contributed by atoms with Crippen LogP contribution in [0.15, 0.2) is 12.3 Å². The van der Waals surface area contributed by atoms with E-state index < -0.39 is 0 Å². The van der Waals surface area contributed by atoms with Gasteiger partial charge in [0.2, 0.25) is 5.91 Å². The zero-order valence-electron chi connectivity index (χ0n) is 13.7. The third-order valence-corrected chi connectivity index (χ3v) is 5.75. The number of hydrogen-bond donors (Lipinski definition) is 2. The molecule has 1 aromatic rings. The van der Waals surface area contributed by atoms with Crippen LogP contribution in [0.2, 0.25) is 0 Å². The van der Waals surface area contributed by atoms with E-state index in [9.17, 15) is 9.59 Å². The summed E-state index contributed by atoms with van der Waals surface area (Å²) in [6.07, 6.45) is 9.21. The molecule has 2 aliphatic carbocycles. The van der Waals surface area contributed by atoms with Crippen molar-refractivity contribution in [3.63, 3.8) is 0 Å². The Morgan fingerprint density at radius 1 is 1.26 bits per heavy atom. The molecule has 23 heavy (non-hydrogen) atoms. The summed E-state index contributed by atoms with van der Waals surface area (Å²) in [7, 11) is 2.03. The third-order valence-electron chi connectivity index (χ3n) is 5.75. The minimum absolute atomic E-state index is 0.0271. The highest BCUT2D eigenvalue weighted by molar-refractivity contribution is 5.96. The van der Waals surface area contributed by atoms with Gasteiger partial charge in [-0.1, -0.05) is 6.42 Å². The standard InChI is InChI=1S/C18H25N3O2/c1-21-10-9-13(17(21)12-3-2-4-12)18(23)19-14-7-8-15(22)20-16(14)11-5-6-11/h9-12,14,16H,2-8H2,1H3,(H,19,23)(H,20,22)/t14-,16+/m1/s1. The number of piperidine rings is 1. The molecular weight excluding hydrogens is 290 g/mol. The van der Waals surface area contributed by atoms with E-state index in [2.05, 4.69) is 15.2 Å². The third kappa shape index (κ3) is 2.77. The highest BCUT2D eigenvalue weighted by Gasteiger charge is 2.41. The van der Waals surface area contributed by atoms with E-state index in [1.807, 2.05) is 19.3 Å². The van der Waals surface area contributed by atoms with E-state index in [0.29, 0.717) is 18.3 Å². The summed E-state index contributed by atoms with van der Waals surface area (Å²) in [6.45, 7) is 0. The fraction of sp³-hybridized carbons (Fsp3) is 0.667. The molecule has 4 rings (SSSR count). The van der Waals surface area contributed by atoms with Crippen LogP contribution in [-0.2, 0) is 11.8 Å². The normalized spacial score (nSPS) is 28.1. The fourth-order valence-corrected chi connectivity index (χ4v) is 4.06. The van der Waals surface area contributed by atoms with Crippen molar-refractivity contribution < 1.29 is 9.59 Å². The first-order valence-electron chi connectivity index (χ1n) is 8.89. The van der Waals surface area contributed by atoms with Gasteiger partial charge in [0.25, 0.3) is 5.91 Å². The van der Waals surface area contributed by atoms with Crippen LogP contribution in [0.1, 0.15) is 66.9 Å². The van der Waals surface area contributed by atoms with Gasteiger partial charge in [0.15, 0.2) is 0 Å². The van der Waals surface area contributed by atoms with Crippen LogP contribution in [0.3, 0.4) is 0 Å². The highest BCUT2D eigenvalue weighted by atomic mass is 16.2. The van der Waals surface area contributed by atoms with Crippen LogP contribution in [0, 0.1) is 5.92 Å². The Balaban J connectivity index is 1.50. The second kappa shape index (κ2) is 5.69. The number of amides is 2.